The van der Waals surface area contributed by atoms with Gasteiger partial charge in [0.1, 0.15) is 11.5 Å². The average Bonchev–Trinajstić information content (AvgIpc) is 2.78. The molecule has 1 aliphatic rings. The molecule has 4 rings (SSSR count). The van der Waals surface area contributed by atoms with Gasteiger partial charge in [-0.3, -0.25) is 24.6 Å². The van der Waals surface area contributed by atoms with Crippen molar-refractivity contribution in [3.8, 4) is 11.5 Å². The molecule has 7 heteroatoms. The van der Waals surface area contributed by atoms with Gasteiger partial charge in [0, 0.05) is 57.0 Å². The molecule has 1 fully saturated rings. The summed E-state index contributed by atoms with van der Waals surface area (Å²) in [6.07, 6.45) is 7.06. The molecule has 0 radical (unpaired) electrons. The van der Waals surface area contributed by atoms with Gasteiger partial charge in [-0.1, -0.05) is 6.07 Å². The third-order valence-electron chi connectivity index (χ3n) is 4.97. The van der Waals surface area contributed by atoms with Gasteiger partial charge in [-0.25, -0.2) is 0 Å². The SMILES string of the molecule is O=C(CN1CCN(Cc2cccnc2)CC1)Nc1ccc(Oc2cccnc2)cc1. The molecule has 30 heavy (non-hydrogen) atoms. The molecule has 1 aliphatic heterocycles. The molecular formula is C23H25N5O2. The first-order valence-electron chi connectivity index (χ1n) is 10.1. The molecule has 154 valence electrons. The Hall–Kier alpha value is -3.29. The fraction of sp³-hybridized carbons (Fsp3) is 0.261. The van der Waals surface area contributed by atoms with Gasteiger partial charge in [0.05, 0.1) is 12.7 Å². The molecule has 7 nitrogen and oxygen atoms in total. The first-order chi connectivity index (χ1) is 14.7. The van der Waals surface area contributed by atoms with Crippen LogP contribution in [0.5, 0.6) is 11.5 Å². The number of nitrogens with zero attached hydrogens (tertiary/aromatic N) is 4. The van der Waals surface area contributed by atoms with E-state index in [1.165, 1.54) is 5.56 Å². The summed E-state index contributed by atoms with van der Waals surface area (Å²) in [5.41, 5.74) is 1.98. The van der Waals surface area contributed by atoms with E-state index in [0.29, 0.717) is 18.0 Å². The van der Waals surface area contributed by atoms with Crippen molar-refractivity contribution in [1.82, 2.24) is 19.8 Å². The lowest BCUT2D eigenvalue weighted by Gasteiger charge is -2.34. The van der Waals surface area contributed by atoms with Crippen LogP contribution in [0.2, 0.25) is 0 Å². The van der Waals surface area contributed by atoms with Crippen molar-refractivity contribution < 1.29 is 9.53 Å². The van der Waals surface area contributed by atoms with E-state index in [1.54, 1.807) is 18.6 Å². The van der Waals surface area contributed by atoms with Crippen LogP contribution in [-0.2, 0) is 11.3 Å². The van der Waals surface area contributed by atoms with Crippen LogP contribution in [0.1, 0.15) is 5.56 Å². The van der Waals surface area contributed by atoms with Gasteiger partial charge in [-0.05, 0) is 48.0 Å². The predicted molar refractivity (Wildman–Crippen MR) is 115 cm³/mol. The van der Waals surface area contributed by atoms with Crippen molar-refractivity contribution in [3.63, 3.8) is 0 Å². The molecule has 1 N–H and O–H groups in total. The molecule has 0 saturated carbocycles. The van der Waals surface area contributed by atoms with Gasteiger partial charge < -0.3 is 10.1 Å². The van der Waals surface area contributed by atoms with Gasteiger partial charge in [0.2, 0.25) is 5.91 Å². The number of aromatic nitrogens is 2. The second-order valence-electron chi connectivity index (χ2n) is 7.28. The van der Waals surface area contributed by atoms with Crippen LogP contribution < -0.4 is 10.1 Å². The number of carbonyl (C=O) groups is 1. The summed E-state index contributed by atoms with van der Waals surface area (Å²) in [4.78, 5) is 25.2. The lowest BCUT2D eigenvalue weighted by molar-refractivity contribution is -0.117. The molecule has 2 aromatic heterocycles. The van der Waals surface area contributed by atoms with Crippen LogP contribution in [0.25, 0.3) is 0 Å². The Balaban J connectivity index is 1.20. The molecule has 0 aliphatic carbocycles. The molecule has 1 saturated heterocycles. The topological polar surface area (TPSA) is 70.6 Å². The molecule has 0 bridgehead atoms. The van der Waals surface area contributed by atoms with Crippen molar-refractivity contribution in [2.24, 2.45) is 0 Å². The first kappa shape index (κ1) is 20.0. The second kappa shape index (κ2) is 9.96. The highest BCUT2D eigenvalue weighted by Crippen LogP contribution is 2.22. The van der Waals surface area contributed by atoms with Gasteiger partial charge in [-0.2, -0.15) is 0 Å². The Labute approximate surface area is 176 Å². The highest BCUT2D eigenvalue weighted by Gasteiger charge is 2.19. The van der Waals surface area contributed by atoms with Crippen LogP contribution in [0.15, 0.2) is 73.3 Å². The van der Waals surface area contributed by atoms with E-state index >= 15 is 0 Å². The zero-order chi connectivity index (χ0) is 20.6. The zero-order valence-corrected chi connectivity index (χ0v) is 16.8. The number of ether oxygens (including phenoxy) is 1. The third-order valence-corrected chi connectivity index (χ3v) is 4.97. The summed E-state index contributed by atoms with van der Waals surface area (Å²) in [6.45, 7) is 4.96. The second-order valence-corrected chi connectivity index (χ2v) is 7.28. The number of carbonyl (C=O) groups excluding carboxylic acids is 1. The Morgan fingerprint density at radius 3 is 2.23 bits per heavy atom. The van der Waals surface area contributed by atoms with E-state index < -0.39 is 0 Å². The maximum absolute atomic E-state index is 12.4. The maximum Gasteiger partial charge on any atom is 0.238 e. The van der Waals surface area contributed by atoms with Gasteiger partial charge in [0.15, 0.2) is 0 Å². The molecule has 0 spiro atoms. The molecular weight excluding hydrogens is 378 g/mol. The first-order valence-corrected chi connectivity index (χ1v) is 10.1. The summed E-state index contributed by atoms with van der Waals surface area (Å²) >= 11 is 0. The monoisotopic (exact) mass is 403 g/mol. The van der Waals surface area contributed by atoms with E-state index in [-0.39, 0.29) is 5.91 Å². The van der Waals surface area contributed by atoms with Crippen LogP contribution >= 0.6 is 0 Å². The Kier molecular flexibility index (Phi) is 6.64. The Bertz CT molecular complexity index is 927. The minimum absolute atomic E-state index is 0.00311. The molecule has 0 atom stereocenters. The zero-order valence-electron chi connectivity index (χ0n) is 16.8. The van der Waals surface area contributed by atoms with Crippen molar-refractivity contribution >= 4 is 11.6 Å². The van der Waals surface area contributed by atoms with E-state index in [9.17, 15) is 4.79 Å². The van der Waals surface area contributed by atoms with E-state index in [4.69, 9.17) is 4.74 Å². The number of amides is 1. The summed E-state index contributed by atoms with van der Waals surface area (Å²) in [5.74, 6) is 1.37. The molecule has 0 unspecified atom stereocenters. The minimum atomic E-state index is -0.00311. The van der Waals surface area contributed by atoms with Gasteiger partial charge >= 0.3 is 0 Å². The maximum atomic E-state index is 12.4. The van der Waals surface area contributed by atoms with Crippen molar-refractivity contribution in [1.29, 1.82) is 0 Å². The lowest BCUT2D eigenvalue weighted by atomic mass is 10.2. The summed E-state index contributed by atoms with van der Waals surface area (Å²) in [6, 6.07) is 15.1. The Morgan fingerprint density at radius 2 is 1.57 bits per heavy atom. The largest absolute Gasteiger partial charge is 0.456 e. The summed E-state index contributed by atoms with van der Waals surface area (Å²) < 4.78 is 5.72. The van der Waals surface area contributed by atoms with Crippen molar-refractivity contribution in [2.75, 3.05) is 38.0 Å². The standard InChI is InChI=1S/C23H25N5O2/c29-23(18-28-13-11-27(12-14-28)17-19-3-1-9-24-15-19)26-20-5-7-21(8-6-20)30-22-4-2-10-25-16-22/h1-10,15-16H,11-14,17-18H2,(H,26,29). The lowest BCUT2D eigenvalue weighted by Crippen LogP contribution is -2.48. The molecule has 1 amide bonds. The van der Waals surface area contributed by atoms with Gasteiger partial charge in [-0.15, -0.1) is 0 Å². The van der Waals surface area contributed by atoms with Gasteiger partial charge in [0.25, 0.3) is 0 Å². The minimum Gasteiger partial charge on any atom is -0.456 e. The van der Waals surface area contributed by atoms with Crippen LogP contribution in [0.3, 0.4) is 0 Å². The predicted octanol–water partition coefficient (Wildman–Crippen LogP) is 3.03. The molecule has 3 heterocycles. The van der Waals surface area contributed by atoms with Crippen molar-refractivity contribution in [3.05, 3.63) is 78.9 Å². The molecule has 1 aromatic carbocycles. The Morgan fingerprint density at radius 1 is 0.867 bits per heavy atom. The number of anilines is 1. The fourth-order valence-corrected chi connectivity index (χ4v) is 3.41. The number of hydrogen-bond acceptors (Lipinski definition) is 6. The summed E-state index contributed by atoms with van der Waals surface area (Å²) in [5, 5.41) is 2.96. The number of nitrogens with one attached hydrogen (secondary N) is 1. The number of pyridine rings is 2. The third kappa shape index (κ3) is 5.85. The van der Waals surface area contributed by atoms with E-state index in [2.05, 4.69) is 31.2 Å². The number of rotatable bonds is 7. The van der Waals surface area contributed by atoms with Crippen LogP contribution in [0.4, 0.5) is 5.69 Å². The van der Waals surface area contributed by atoms with Crippen LogP contribution in [-0.4, -0.2) is 58.4 Å². The highest BCUT2D eigenvalue weighted by molar-refractivity contribution is 5.92. The van der Waals surface area contributed by atoms with Crippen LogP contribution in [0, 0.1) is 0 Å². The molecule has 3 aromatic rings. The number of piperazine rings is 1. The fourth-order valence-electron chi connectivity index (χ4n) is 3.41. The number of benzene rings is 1. The van der Waals surface area contributed by atoms with Crippen molar-refractivity contribution in [2.45, 2.75) is 6.54 Å². The highest BCUT2D eigenvalue weighted by atomic mass is 16.5. The quantitative estimate of drug-likeness (QED) is 0.654. The smallest absolute Gasteiger partial charge is 0.238 e. The van der Waals surface area contributed by atoms with E-state index in [0.717, 1.165) is 38.4 Å². The summed E-state index contributed by atoms with van der Waals surface area (Å²) in [7, 11) is 0. The normalized spacial score (nSPS) is 14.9. The number of hydrogen-bond donors (Lipinski definition) is 1. The van der Waals surface area contributed by atoms with E-state index in [1.807, 2.05) is 48.7 Å². The average molecular weight is 403 g/mol.